The molecule has 0 bridgehead atoms. The number of fused-ring (bicyclic) bond motifs is 1. The Morgan fingerprint density at radius 3 is 2.87 bits per heavy atom. The van der Waals surface area contributed by atoms with Crippen LogP contribution in [0, 0.1) is 0 Å². The van der Waals surface area contributed by atoms with Gasteiger partial charge in [-0.25, -0.2) is 0 Å². The van der Waals surface area contributed by atoms with Crippen LogP contribution in [0.1, 0.15) is 12.8 Å². The summed E-state index contributed by atoms with van der Waals surface area (Å²) in [6.45, 7) is 0.484. The molecule has 1 N–H and O–H groups in total. The molecule has 1 fully saturated rings. The van der Waals surface area contributed by atoms with Crippen molar-refractivity contribution >= 4 is 22.5 Å². The molecular formula is C22H23N3O5. The van der Waals surface area contributed by atoms with E-state index < -0.39 is 0 Å². The number of rotatable bonds is 7. The number of anilines is 1. The van der Waals surface area contributed by atoms with Crippen molar-refractivity contribution in [2.24, 2.45) is 0 Å². The van der Waals surface area contributed by atoms with Crippen molar-refractivity contribution in [2.45, 2.75) is 25.4 Å². The Morgan fingerprint density at radius 1 is 1.20 bits per heavy atom. The summed E-state index contributed by atoms with van der Waals surface area (Å²) < 4.78 is 12.7. The van der Waals surface area contributed by atoms with Gasteiger partial charge in [-0.05, 0) is 30.7 Å². The Morgan fingerprint density at radius 2 is 2.07 bits per heavy atom. The van der Waals surface area contributed by atoms with E-state index in [2.05, 4.69) is 4.98 Å². The summed E-state index contributed by atoms with van der Waals surface area (Å²) in [5.41, 5.74) is 1.19. The van der Waals surface area contributed by atoms with E-state index in [0.29, 0.717) is 36.6 Å². The maximum Gasteiger partial charge on any atom is 0.250 e. The third kappa shape index (κ3) is 3.86. The second-order valence-corrected chi connectivity index (χ2v) is 7.10. The minimum Gasteiger partial charge on any atom is -0.497 e. The fourth-order valence-corrected chi connectivity index (χ4v) is 3.72. The van der Waals surface area contributed by atoms with Gasteiger partial charge in [0.2, 0.25) is 5.91 Å². The van der Waals surface area contributed by atoms with E-state index in [1.54, 1.807) is 36.5 Å². The van der Waals surface area contributed by atoms with Gasteiger partial charge < -0.3 is 24.0 Å². The van der Waals surface area contributed by atoms with Gasteiger partial charge in [-0.1, -0.05) is 0 Å². The summed E-state index contributed by atoms with van der Waals surface area (Å²) in [7, 11) is 1.60. The number of nitrogens with zero attached hydrogens (tertiary/aromatic N) is 3. The number of aliphatic hydroxyl groups excluding tert-OH is 1. The smallest absolute Gasteiger partial charge is 0.250 e. The predicted molar refractivity (Wildman–Crippen MR) is 112 cm³/mol. The van der Waals surface area contributed by atoms with Crippen LogP contribution in [-0.2, 0) is 11.3 Å². The summed E-state index contributed by atoms with van der Waals surface area (Å²) in [5, 5.41) is 10.4. The summed E-state index contributed by atoms with van der Waals surface area (Å²) in [4.78, 5) is 30.4. The maximum atomic E-state index is 12.3. The quantitative estimate of drug-likeness (QED) is 0.641. The molecule has 8 heteroatoms. The summed E-state index contributed by atoms with van der Waals surface area (Å²) in [6, 6.07) is 10.1. The van der Waals surface area contributed by atoms with Gasteiger partial charge in [0.25, 0.3) is 5.56 Å². The number of carbonyl (C=O) groups is 1. The van der Waals surface area contributed by atoms with Gasteiger partial charge in [-0.3, -0.25) is 14.6 Å². The lowest BCUT2D eigenvalue weighted by atomic mass is 10.2. The zero-order valence-corrected chi connectivity index (χ0v) is 16.7. The Hall–Kier alpha value is -3.39. The molecule has 0 spiro atoms. The van der Waals surface area contributed by atoms with Crippen molar-refractivity contribution in [3.8, 4) is 11.5 Å². The van der Waals surface area contributed by atoms with Crippen molar-refractivity contribution in [2.75, 3.05) is 25.2 Å². The highest BCUT2D eigenvalue weighted by molar-refractivity contribution is 5.96. The average molecular weight is 409 g/mol. The van der Waals surface area contributed by atoms with Crippen LogP contribution in [-0.4, -0.2) is 46.9 Å². The molecule has 0 saturated carbocycles. The number of hydrogen-bond donors (Lipinski definition) is 1. The van der Waals surface area contributed by atoms with E-state index in [4.69, 9.17) is 9.47 Å². The highest BCUT2D eigenvalue weighted by atomic mass is 16.5. The third-order valence-electron chi connectivity index (χ3n) is 5.28. The first kappa shape index (κ1) is 19.9. The summed E-state index contributed by atoms with van der Waals surface area (Å²) >= 11 is 0. The molecule has 8 nitrogen and oxygen atoms in total. The van der Waals surface area contributed by atoms with Crippen LogP contribution < -0.4 is 19.9 Å². The molecule has 1 aliphatic rings. The zero-order chi connectivity index (χ0) is 21.1. The minimum atomic E-state index is -0.250. The lowest BCUT2D eigenvalue weighted by molar-refractivity contribution is -0.117. The summed E-state index contributed by atoms with van der Waals surface area (Å²) in [5.74, 6) is 1.34. The first-order chi connectivity index (χ1) is 14.6. The topological polar surface area (TPSA) is 93.9 Å². The minimum absolute atomic E-state index is 0.0471. The van der Waals surface area contributed by atoms with Crippen LogP contribution in [0.3, 0.4) is 0 Å². The summed E-state index contributed by atoms with van der Waals surface area (Å²) in [6.07, 6.45) is 4.32. The van der Waals surface area contributed by atoms with Crippen LogP contribution in [0.2, 0.25) is 0 Å². The molecule has 30 heavy (non-hydrogen) atoms. The number of amides is 1. The lowest BCUT2D eigenvalue weighted by Gasteiger charge is -2.23. The molecule has 0 radical (unpaired) electrons. The molecule has 1 saturated heterocycles. The van der Waals surface area contributed by atoms with E-state index >= 15 is 0 Å². The fourth-order valence-electron chi connectivity index (χ4n) is 3.72. The zero-order valence-electron chi connectivity index (χ0n) is 16.7. The maximum absolute atomic E-state index is 12.3. The monoisotopic (exact) mass is 409 g/mol. The number of ether oxygens (including phenoxy) is 2. The van der Waals surface area contributed by atoms with Crippen LogP contribution in [0.5, 0.6) is 11.5 Å². The molecule has 1 amide bonds. The molecule has 1 aromatic carbocycles. The van der Waals surface area contributed by atoms with Crippen LogP contribution in [0.15, 0.2) is 53.6 Å². The second-order valence-electron chi connectivity index (χ2n) is 7.10. The number of pyridine rings is 2. The largest absolute Gasteiger partial charge is 0.497 e. The van der Waals surface area contributed by atoms with Gasteiger partial charge in [-0.2, -0.15) is 0 Å². The first-order valence-corrected chi connectivity index (χ1v) is 9.79. The molecule has 4 rings (SSSR count). The number of hydrogen-bond acceptors (Lipinski definition) is 6. The van der Waals surface area contributed by atoms with Crippen LogP contribution in [0.4, 0.5) is 5.69 Å². The van der Waals surface area contributed by atoms with E-state index in [1.165, 1.54) is 10.6 Å². The Bertz CT molecular complexity index is 1130. The van der Waals surface area contributed by atoms with Crippen molar-refractivity contribution in [1.29, 1.82) is 0 Å². The van der Waals surface area contributed by atoms with E-state index in [1.807, 2.05) is 18.2 Å². The normalized spacial score (nSPS) is 16.3. The Balaban J connectivity index is 1.50. The van der Waals surface area contributed by atoms with Gasteiger partial charge >= 0.3 is 0 Å². The number of carbonyl (C=O) groups excluding carboxylic acids is 1. The van der Waals surface area contributed by atoms with Gasteiger partial charge in [0, 0.05) is 36.3 Å². The highest BCUT2D eigenvalue weighted by Gasteiger charge is 2.31. The van der Waals surface area contributed by atoms with Gasteiger partial charge in [0.1, 0.15) is 18.1 Å². The molecule has 156 valence electrons. The first-order valence-electron chi connectivity index (χ1n) is 9.79. The standard InChI is InChI=1S/C22H23N3O5/c1-29-17-4-5-18-19(12-17)23-9-8-20(18)30-11-10-24-13-15(2-6-21(24)27)25-16(14-26)3-7-22(25)28/h2,4-6,8-9,12-13,16,26H,3,7,10-11,14H2,1H3. The van der Waals surface area contributed by atoms with Gasteiger partial charge in [0.15, 0.2) is 0 Å². The third-order valence-corrected chi connectivity index (χ3v) is 5.28. The molecule has 1 aliphatic heterocycles. The number of methoxy groups -OCH3 is 1. The van der Waals surface area contributed by atoms with E-state index in [0.717, 1.165) is 10.9 Å². The van der Waals surface area contributed by atoms with Crippen molar-refractivity contribution in [3.05, 3.63) is 59.1 Å². The van der Waals surface area contributed by atoms with E-state index in [-0.39, 0.29) is 30.7 Å². The Labute approximate surface area is 173 Å². The molecule has 1 atom stereocenters. The number of benzene rings is 1. The number of aromatic nitrogens is 2. The van der Waals surface area contributed by atoms with Crippen molar-refractivity contribution in [3.63, 3.8) is 0 Å². The van der Waals surface area contributed by atoms with Crippen molar-refractivity contribution < 1.29 is 19.4 Å². The molecule has 0 aliphatic carbocycles. The van der Waals surface area contributed by atoms with Gasteiger partial charge in [-0.15, -0.1) is 0 Å². The van der Waals surface area contributed by atoms with E-state index in [9.17, 15) is 14.7 Å². The highest BCUT2D eigenvalue weighted by Crippen LogP contribution is 2.27. The lowest BCUT2D eigenvalue weighted by Crippen LogP contribution is -2.36. The average Bonchev–Trinajstić information content (AvgIpc) is 3.15. The van der Waals surface area contributed by atoms with Crippen LogP contribution >= 0.6 is 0 Å². The molecule has 3 aromatic rings. The Kier molecular flexibility index (Phi) is 5.67. The molecule has 3 heterocycles. The molecule has 2 aromatic heterocycles. The van der Waals surface area contributed by atoms with Crippen LogP contribution in [0.25, 0.3) is 10.9 Å². The molecular weight excluding hydrogens is 386 g/mol. The molecule has 1 unspecified atom stereocenters. The fraction of sp³-hybridized carbons (Fsp3) is 0.318. The van der Waals surface area contributed by atoms with Crippen molar-refractivity contribution in [1.82, 2.24) is 9.55 Å². The SMILES string of the molecule is COc1ccc2c(OCCn3cc(N4C(=O)CCC4CO)ccc3=O)ccnc2c1. The predicted octanol–water partition coefficient (Wildman–Crippen LogP) is 1.97. The number of aliphatic hydroxyl groups is 1. The second kappa shape index (κ2) is 8.54. The van der Waals surface area contributed by atoms with Gasteiger partial charge in [0.05, 0.1) is 37.5 Å².